The highest BCUT2D eigenvalue weighted by Crippen LogP contribution is 2.28. The summed E-state index contributed by atoms with van der Waals surface area (Å²) < 4.78 is 16.2. The quantitative estimate of drug-likeness (QED) is 0.426. The Morgan fingerprint density at radius 3 is 2.69 bits per heavy atom. The summed E-state index contributed by atoms with van der Waals surface area (Å²) in [5.74, 6) is 1.38. The zero-order chi connectivity index (χ0) is 18.8. The first kappa shape index (κ1) is 19.1. The smallest absolute Gasteiger partial charge is 0.271 e. The fourth-order valence-corrected chi connectivity index (χ4v) is 2.18. The summed E-state index contributed by atoms with van der Waals surface area (Å²) in [6.45, 7) is 6.41. The van der Waals surface area contributed by atoms with Crippen LogP contribution in [-0.4, -0.2) is 32.4 Å². The number of nitrogens with one attached hydrogen (secondary N) is 1. The molecule has 0 saturated heterocycles. The van der Waals surface area contributed by atoms with Gasteiger partial charge in [-0.25, -0.2) is 5.43 Å². The number of hydrazone groups is 1. The van der Waals surface area contributed by atoms with Gasteiger partial charge in [-0.3, -0.25) is 4.79 Å². The molecule has 0 radical (unpaired) electrons. The molecule has 0 bridgehead atoms. The molecule has 0 saturated carbocycles. The maximum Gasteiger partial charge on any atom is 0.271 e. The van der Waals surface area contributed by atoms with Crippen LogP contribution in [0.5, 0.6) is 17.2 Å². The van der Waals surface area contributed by atoms with Crippen LogP contribution >= 0.6 is 0 Å². The lowest BCUT2D eigenvalue weighted by molar-refractivity contribution is 0.0954. The van der Waals surface area contributed by atoms with Gasteiger partial charge in [0.25, 0.3) is 5.91 Å². The summed E-state index contributed by atoms with van der Waals surface area (Å²) >= 11 is 0. The standard InChI is InChI=1S/C20H22N2O4/c1-4-12-26-17-9-7-6-8-16(17)14-21-22-20(23)15-10-11-18(25-5-2)19(13-15)24-3/h4,6-11,13-14H,1,5,12H2,2-3H3,(H,22,23)/b21-14+. The van der Waals surface area contributed by atoms with Gasteiger partial charge in [-0.1, -0.05) is 24.8 Å². The minimum absolute atomic E-state index is 0.355. The molecule has 6 heteroatoms. The van der Waals surface area contributed by atoms with Crippen LogP contribution in [0.2, 0.25) is 0 Å². The second kappa shape index (κ2) is 9.88. The molecule has 6 nitrogen and oxygen atoms in total. The zero-order valence-corrected chi connectivity index (χ0v) is 14.9. The van der Waals surface area contributed by atoms with Gasteiger partial charge in [0, 0.05) is 11.1 Å². The van der Waals surface area contributed by atoms with Gasteiger partial charge in [-0.15, -0.1) is 0 Å². The second-order valence-electron chi connectivity index (χ2n) is 5.14. The number of nitrogens with zero attached hydrogens (tertiary/aromatic N) is 1. The fourth-order valence-electron chi connectivity index (χ4n) is 2.18. The van der Waals surface area contributed by atoms with Crippen LogP contribution in [0.1, 0.15) is 22.8 Å². The molecule has 0 aliphatic rings. The first-order valence-corrected chi connectivity index (χ1v) is 8.16. The average molecular weight is 354 g/mol. The molecular weight excluding hydrogens is 332 g/mol. The largest absolute Gasteiger partial charge is 0.493 e. The van der Waals surface area contributed by atoms with Crippen molar-refractivity contribution >= 4 is 12.1 Å². The third-order valence-electron chi connectivity index (χ3n) is 3.37. The minimum Gasteiger partial charge on any atom is -0.493 e. The van der Waals surface area contributed by atoms with Gasteiger partial charge < -0.3 is 14.2 Å². The molecule has 2 rings (SSSR count). The van der Waals surface area contributed by atoms with E-state index in [0.717, 1.165) is 5.56 Å². The molecule has 0 spiro atoms. The van der Waals surface area contributed by atoms with Crippen LogP contribution in [-0.2, 0) is 0 Å². The van der Waals surface area contributed by atoms with Crippen molar-refractivity contribution in [2.75, 3.05) is 20.3 Å². The van der Waals surface area contributed by atoms with Crippen molar-refractivity contribution in [3.63, 3.8) is 0 Å². The summed E-state index contributed by atoms with van der Waals surface area (Å²) in [6, 6.07) is 12.3. The van der Waals surface area contributed by atoms with Gasteiger partial charge in [-0.05, 0) is 37.3 Å². The van der Waals surface area contributed by atoms with Crippen molar-refractivity contribution in [1.29, 1.82) is 0 Å². The molecule has 0 aliphatic carbocycles. The molecule has 0 aromatic heterocycles. The highest BCUT2D eigenvalue weighted by molar-refractivity contribution is 5.95. The monoisotopic (exact) mass is 354 g/mol. The highest BCUT2D eigenvalue weighted by Gasteiger charge is 2.10. The van der Waals surface area contributed by atoms with Crippen molar-refractivity contribution in [3.05, 3.63) is 66.2 Å². The molecule has 2 aromatic carbocycles. The molecule has 0 fully saturated rings. The molecule has 0 heterocycles. The molecule has 2 aromatic rings. The number of rotatable bonds is 9. The van der Waals surface area contributed by atoms with Gasteiger partial charge in [0.05, 0.1) is 19.9 Å². The third kappa shape index (κ3) is 5.11. The third-order valence-corrected chi connectivity index (χ3v) is 3.37. The Kier molecular flexibility index (Phi) is 7.24. The van der Waals surface area contributed by atoms with E-state index < -0.39 is 0 Å². The van der Waals surface area contributed by atoms with E-state index in [1.54, 1.807) is 24.3 Å². The van der Waals surface area contributed by atoms with E-state index >= 15 is 0 Å². The Morgan fingerprint density at radius 2 is 1.96 bits per heavy atom. The lowest BCUT2D eigenvalue weighted by atomic mass is 10.2. The summed E-state index contributed by atoms with van der Waals surface area (Å²) in [4.78, 5) is 12.3. The predicted molar refractivity (Wildman–Crippen MR) is 101 cm³/mol. The molecular formula is C20H22N2O4. The lowest BCUT2D eigenvalue weighted by Gasteiger charge is -2.10. The van der Waals surface area contributed by atoms with Gasteiger partial charge in [0.1, 0.15) is 12.4 Å². The van der Waals surface area contributed by atoms with E-state index in [9.17, 15) is 4.79 Å². The zero-order valence-electron chi connectivity index (χ0n) is 14.9. The Bertz CT molecular complexity index is 787. The Morgan fingerprint density at radius 1 is 1.15 bits per heavy atom. The van der Waals surface area contributed by atoms with Crippen LogP contribution in [0.25, 0.3) is 0 Å². The van der Waals surface area contributed by atoms with E-state index in [1.807, 2.05) is 31.2 Å². The predicted octanol–water partition coefficient (Wildman–Crippen LogP) is 3.42. The Balaban J connectivity index is 2.07. The van der Waals surface area contributed by atoms with Crippen molar-refractivity contribution in [1.82, 2.24) is 5.43 Å². The van der Waals surface area contributed by atoms with Crippen molar-refractivity contribution in [2.45, 2.75) is 6.92 Å². The van der Waals surface area contributed by atoms with Gasteiger partial charge in [-0.2, -0.15) is 5.10 Å². The van der Waals surface area contributed by atoms with Gasteiger partial charge in [0.15, 0.2) is 11.5 Å². The van der Waals surface area contributed by atoms with E-state index in [2.05, 4.69) is 17.1 Å². The van der Waals surface area contributed by atoms with Crippen molar-refractivity contribution in [3.8, 4) is 17.2 Å². The Labute approximate surface area is 153 Å². The van der Waals surface area contributed by atoms with E-state index in [-0.39, 0.29) is 5.91 Å². The number of carbonyl (C=O) groups excluding carboxylic acids is 1. The minimum atomic E-state index is -0.355. The molecule has 1 amide bonds. The van der Waals surface area contributed by atoms with E-state index in [1.165, 1.54) is 13.3 Å². The number of carbonyl (C=O) groups is 1. The molecule has 0 unspecified atom stereocenters. The topological polar surface area (TPSA) is 69.2 Å². The maximum atomic E-state index is 12.3. The number of methoxy groups -OCH3 is 1. The summed E-state index contributed by atoms with van der Waals surface area (Å²) in [5.41, 5.74) is 3.66. The first-order valence-electron chi connectivity index (χ1n) is 8.16. The summed E-state index contributed by atoms with van der Waals surface area (Å²) in [5, 5.41) is 4.00. The normalized spacial score (nSPS) is 10.4. The highest BCUT2D eigenvalue weighted by atomic mass is 16.5. The van der Waals surface area contributed by atoms with Crippen molar-refractivity contribution < 1.29 is 19.0 Å². The number of benzene rings is 2. The average Bonchev–Trinajstić information content (AvgIpc) is 2.67. The molecule has 26 heavy (non-hydrogen) atoms. The SMILES string of the molecule is C=CCOc1ccccc1/C=N/NC(=O)c1ccc(OCC)c(OC)c1. The van der Waals surface area contributed by atoms with Gasteiger partial charge in [0.2, 0.25) is 0 Å². The van der Waals surface area contributed by atoms with Crippen LogP contribution < -0.4 is 19.6 Å². The van der Waals surface area contributed by atoms with Crippen molar-refractivity contribution in [2.24, 2.45) is 5.10 Å². The summed E-state index contributed by atoms with van der Waals surface area (Å²) in [7, 11) is 1.53. The number of ether oxygens (including phenoxy) is 3. The second-order valence-corrected chi connectivity index (χ2v) is 5.14. The number of hydrogen-bond donors (Lipinski definition) is 1. The van der Waals surface area contributed by atoms with E-state index in [0.29, 0.717) is 36.0 Å². The fraction of sp³-hybridized carbons (Fsp3) is 0.200. The molecule has 1 N–H and O–H groups in total. The Hall–Kier alpha value is -3.28. The lowest BCUT2D eigenvalue weighted by Crippen LogP contribution is -2.17. The van der Waals surface area contributed by atoms with Crippen LogP contribution in [0.3, 0.4) is 0 Å². The van der Waals surface area contributed by atoms with Crippen LogP contribution in [0.4, 0.5) is 0 Å². The maximum absolute atomic E-state index is 12.3. The molecule has 136 valence electrons. The number of hydrogen-bond acceptors (Lipinski definition) is 5. The van der Waals surface area contributed by atoms with E-state index in [4.69, 9.17) is 14.2 Å². The first-order chi connectivity index (χ1) is 12.7. The number of para-hydroxylation sites is 1. The summed E-state index contributed by atoms with van der Waals surface area (Å²) in [6.07, 6.45) is 3.19. The molecule has 0 atom stereocenters. The molecule has 0 aliphatic heterocycles. The van der Waals surface area contributed by atoms with Crippen LogP contribution in [0, 0.1) is 0 Å². The van der Waals surface area contributed by atoms with Gasteiger partial charge >= 0.3 is 0 Å². The number of amides is 1. The van der Waals surface area contributed by atoms with Crippen LogP contribution in [0.15, 0.2) is 60.2 Å².